The SMILES string of the molecule is CCCn1nnnc1CN1C(=O)c2ccccc2S1(=O)=O. The van der Waals surface area contributed by atoms with Crippen molar-refractivity contribution in [3.63, 3.8) is 0 Å². The van der Waals surface area contributed by atoms with Crippen LogP contribution in [0.15, 0.2) is 29.2 Å². The van der Waals surface area contributed by atoms with Crippen LogP contribution in [-0.2, 0) is 23.1 Å². The number of amides is 1. The first kappa shape index (κ1) is 13.7. The van der Waals surface area contributed by atoms with Crippen LogP contribution in [0.1, 0.15) is 29.5 Å². The molecule has 0 spiro atoms. The summed E-state index contributed by atoms with van der Waals surface area (Å²) in [5, 5.41) is 11.1. The van der Waals surface area contributed by atoms with Gasteiger partial charge < -0.3 is 0 Å². The number of sulfonamides is 1. The van der Waals surface area contributed by atoms with Crippen molar-refractivity contribution in [3.8, 4) is 0 Å². The summed E-state index contributed by atoms with van der Waals surface area (Å²) >= 11 is 0. The summed E-state index contributed by atoms with van der Waals surface area (Å²) < 4.78 is 27.2. The third kappa shape index (κ3) is 2.09. The molecule has 21 heavy (non-hydrogen) atoms. The van der Waals surface area contributed by atoms with Gasteiger partial charge in [-0.3, -0.25) is 4.79 Å². The van der Waals surface area contributed by atoms with Crippen LogP contribution in [-0.4, -0.2) is 38.8 Å². The van der Waals surface area contributed by atoms with Crippen molar-refractivity contribution in [1.29, 1.82) is 0 Å². The van der Waals surface area contributed by atoms with Gasteiger partial charge in [-0.1, -0.05) is 19.1 Å². The molecule has 1 amide bonds. The van der Waals surface area contributed by atoms with Crippen LogP contribution in [0, 0.1) is 0 Å². The maximum absolute atomic E-state index is 12.4. The molecule has 9 heteroatoms. The monoisotopic (exact) mass is 307 g/mol. The van der Waals surface area contributed by atoms with Gasteiger partial charge in [0.2, 0.25) is 0 Å². The Kier molecular flexibility index (Phi) is 3.20. The lowest BCUT2D eigenvalue weighted by Crippen LogP contribution is -2.31. The molecule has 1 aliphatic rings. The van der Waals surface area contributed by atoms with Crippen LogP contribution in [0.3, 0.4) is 0 Å². The zero-order valence-corrected chi connectivity index (χ0v) is 12.1. The predicted molar refractivity (Wildman–Crippen MR) is 71.6 cm³/mol. The number of tetrazole rings is 1. The number of aromatic nitrogens is 4. The summed E-state index contributed by atoms with van der Waals surface area (Å²) in [6.07, 6.45) is 0.805. The Morgan fingerprint density at radius 3 is 2.71 bits per heavy atom. The van der Waals surface area contributed by atoms with E-state index in [1.807, 2.05) is 6.92 Å². The maximum Gasteiger partial charge on any atom is 0.269 e. The van der Waals surface area contributed by atoms with E-state index in [1.54, 1.807) is 12.1 Å². The van der Waals surface area contributed by atoms with Gasteiger partial charge in [0.1, 0.15) is 4.90 Å². The summed E-state index contributed by atoms with van der Waals surface area (Å²) in [5.41, 5.74) is 0.187. The fourth-order valence-electron chi connectivity index (χ4n) is 2.24. The molecule has 8 nitrogen and oxygen atoms in total. The molecule has 1 aliphatic heterocycles. The lowest BCUT2D eigenvalue weighted by atomic mass is 10.2. The highest BCUT2D eigenvalue weighted by molar-refractivity contribution is 7.90. The molecule has 0 radical (unpaired) electrons. The molecule has 2 aromatic rings. The van der Waals surface area contributed by atoms with Gasteiger partial charge in [-0.05, 0) is 29.0 Å². The largest absolute Gasteiger partial charge is 0.269 e. The first-order chi connectivity index (χ1) is 10.1. The molecule has 0 N–H and O–H groups in total. The quantitative estimate of drug-likeness (QED) is 0.812. The standard InChI is InChI=1S/C12H13N5O3S/c1-2-7-16-11(13-14-15-16)8-17-12(18)9-5-3-4-6-10(9)21(17,19)20/h3-6H,2,7-8H2,1H3. The Morgan fingerprint density at radius 1 is 1.24 bits per heavy atom. The van der Waals surface area contributed by atoms with E-state index >= 15 is 0 Å². The van der Waals surface area contributed by atoms with Gasteiger partial charge in [0.25, 0.3) is 15.9 Å². The minimum absolute atomic E-state index is 0.0320. The molecule has 1 aromatic carbocycles. The summed E-state index contributed by atoms with van der Waals surface area (Å²) in [5.74, 6) is -0.196. The molecule has 0 saturated heterocycles. The van der Waals surface area contributed by atoms with Crippen LogP contribution in [0.4, 0.5) is 0 Å². The smallest absolute Gasteiger partial charge is 0.268 e. The summed E-state index contributed by atoms with van der Waals surface area (Å²) in [6, 6.07) is 6.16. The first-order valence-corrected chi connectivity index (χ1v) is 7.91. The van der Waals surface area contributed by atoms with E-state index in [2.05, 4.69) is 15.5 Å². The highest BCUT2D eigenvalue weighted by Crippen LogP contribution is 2.30. The third-order valence-electron chi connectivity index (χ3n) is 3.24. The number of nitrogens with zero attached hydrogens (tertiary/aromatic N) is 5. The Hall–Kier alpha value is -2.29. The number of hydrogen-bond donors (Lipinski definition) is 0. The lowest BCUT2D eigenvalue weighted by Gasteiger charge is -2.14. The number of aryl methyl sites for hydroxylation is 1. The molecule has 0 atom stereocenters. The number of fused-ring (bicyclic) bond motifs is 1. The van der Waals surface area contributed by atoms with Crippen molar-refractivity contribution in [1.82, 2.24) is 24.5 Å². The van der Waals surface area contributed by atoms with Gasteiger partial charge in [0.05, 0.1) is 12.1 Å². The lowest BCUT2D eigenvalue weighted by molar-refractivity contribution is 0.0861. The Labute approximate surface area is 121 Å². The topological polar surface area (TPSA) is 98.1 Å². The van der Waals surface area contributed by atoms with Crippen molar-refractivity contribution < 1.29 is 13.2 Å². The third-order valence-corrected chi connectivity index (χ3v) is 5.03. The molecule has 0 unspecified atom stereocenters. The molecular weight excluding hydrogens is 294 g/mol. The van der Waals surface area contributed by atoms with Gasteiger partial charge in [0, 0.05) is 6.54 Å². The van der Waals surface area contributed by atoms with E-state index in [9.17, 15) is 13.2 Å². The molecular formula is C12H13N5O3S. The molecule has 0 aliphatic carbocycles. The van der Waals surface area contributed by atoms with E-state index in [4.69, 9.17) is 0 Å². The fourth-order valence-corrected chi connectivity index (χ4v) is 3.76. The number of hydrogen-bond acceptors (Lipinski definition) is 6. The molecule has 1 aromatic heterocycles. The zero-order valence-electron chi connectivity index (χ0n) is 11.3. The Balaban J connectivity index is 1.98. The zero-order chi connectivity index (χ0) is 15.0. The molecule has 0 fully saturated rings. The van der Waals surface area contributed by atoms with Crippen LogP contribution in [0.2, 0.25) is 0 Å². The van der Waals surface area contributed by atoms with E-state index in [1.165, 1.54) is 16.8 Å². The van der Waals surface area contributed by atoms with Gasteiger partial charge >= 0.3 is 0 Å². The Bertz CT molecular complexity index is 799. The highest BCUT2D eigenvalue weighted by Gasteiger charge is 2.41. The normalized spacial score (nSPS) is 16.2. The fraction of sp³-hybridized carbons (Fsp3) is 0.333. The molecule has 110 valence electrons. The summed E-state index contributed by atoms with van der Waals surface area (Å²) in [7, 11) is -3.83. The number of carbonyl (C=O) groups is 1. The van der Waals surface area contributed by atoms with Gasteiger partial charge in [-0.2, -0.15) is 0 Å². The van der Waals surface area contributed by atoms with Crippen molar-refractivity contribution in [3.05, 3.63) is 35.7 Å². The number of rotatable bonds is 4. The minimum Gasteiger partial charge on any atom is -0.268 e. The molecule has 0 bridgehead atoms. The van der Waals surface area contributed by atoms with Gasteiger partial charge in [-0.25, -0.2) is 17.4 Å². The summed E-state index contributed by atoms with van der Waals surface area (Å²) in [6.45, 7) is 2.36. The van der Waals surface area contributed by atoms with Crippen molar-refractivity contribution in [2.24, 2.45) is 0 Å². The predicted octanol–water partition coefficient (Wildman–Crippen LogP) is 0.428. The van der Waals surface area contributed by atoms with E-state index < -0.39 is 15.9 Å². The van der Waals surface area contributed by atoms with Crippen molar-refractivity contribution in [2.45, 2.75) is 31.3 Å². The van der Waals surface area contributed by atoms with Gasteiger partial charge in [-0.15, -0.1) is 5.10 Å². The second kappa shape index (κ2) is 4.92. The summed E-state index contributed by atoms with van der Waals surface area (Å²) in [4.78, 5) is 12.3. The van der Waals surface area contributed by atoms with Crippen molar-refractivity contribution >= 4 is 15.9 Å². The van der Waals surface area contributed by atoms with Gasteiger partial charge in [0.15, 0.2) is 5.82 Å². The first-order valence-electron chi connectivity index (χ1n) is 6.47. The number of benzene rings is 1. The van der Waals surface area contributed by atoms with E-state index in [0.717, 1.165) is 10.7 Å². The van der Waals surface area contributed by atoms with Crippen LogP contribution in [0.25, 0.3) is 0 Å². The molecule has 0 saturated carbocycles. The molecule has 3 rings (SSSR count). The highest BCUT2D eigenvalue weighted by atomic mass is 32.2. The van der Waals surface area contributed by atoms with E-state index in [0.29, 0.717) is 12.4 Å². The van der Waals surface area contributed by atoms with E-state index in [-0.39, 0.29) is 17.0 Å². The van der Waals surface area contributed by atoms with Crippen LogP contribution in [0.5, 0.6) is 0 Å². The minimum atomic E-state index is -3.83. The molecule has 2 heterocycles. The Morgan fingerprint density at radius 2 is 2.00 bits per heavy atom. The average molecular weight is 307 g/mol. The second-order valence-electron chi connectivity index (χ2n) is 4.63. The van der Waals surface area contributed by atoms with Crippen molar-refractivity contribution in [2.75, 3.05) is 0 Å². The number of carbonyl (C=O) groups excluding carboxylic acids is 1. The van der Waals surface area contributed by atoms with Crippen LogP contribution >= 0.6 is 0 Å². The second-order valence-corrected chi connectivity index (χ2v) is 6.46. The van der Waals surface area contributed by atoms with Crippen LogP contribution < -0.4 is 0 Å². The maximum atomic E-state index is 12.4. The average Bonchev–Trinajstić information content (AvgIpc) is 2.98.